The fraction of sp³-hybridized carbons (Fsp3) is 0.375. The molecule has 0 aliphatic heterocycles. The van der Waals surface area contributed by atoms with Crippen LogP contribution in [0.15, 0.2) is 24.5 Å². The molecular weight excluding hydrogens is 348 g/mol. The average molecular weight is 371 g/mol. The van der Waals surface area contributed by atoms with E-state index in [1.165, 1.54) is 21.3 Å². The van der Waals surface area contributed by atoms with Crippen LogP contribution in [0.2, 0.25) is 0 Å². The molecule has 1 heterocycles. The predicted octanol–water partition coefficient (Wildman–Crippen LogP) is 1.77. The number of likely N-dealkylation sites (N-methyl/N-ethyl adjacent to an activating group) is 1. The van der Waals surface area contributed by atoms with Gasteiger partial charge in [0.15, 0.2) is 11.5 Å². The number of ether oxygens (including phenoxy) is 3. The Morgan fingerprint density at radius 2 is 1.76 bits per heavy atom. The molecule has 1 aromatic heterocycles. The Morgan fingerprint density at radius 1 is 1.16 bits per heavy atom. The monoisotopic (exact) mass is 370 g/mol. The zero-order valence-electron chi connectivity index (χ0n) is 14.8. The van der Waals surface area contributed by atoms with E-state index in [2.05, 4.69) is 15.7 Å². The molecule has 0 aliphatic carbocycles. The summed E-state index contributed by atoms with van der Waals surface area (Å²) >= 11 is 0. The molecule has 0 radical (unpaired) electrons. The lowest BCUT2D eigenvalue weighted by molar-refractivity contribution is -0.118. The number of aryl methyl sites for hydroxylation is 1. The lowest BCUT2D eigenvalue weighted by Crippen LogP contribution is -2.30. The summed E-state index contributed by atoms with van der Waals surface area (Å²) in [5.41, 5.74) is 1.31. The van der Waals surface area contributed by atoms with Gasteiger partial charge >= 0.3 is 0 Å². The van der Waals surface area contributed by atoms with Crippen molar-refractivity contribution in [2.75, 3.05) is 33.7 Å². The highest BCUT2D eigenvalue weighted by Gasteiger charge is 2.21. The Kier molecular flexibility index (Phi) is 7.53. The summed E-state index contributed by atoms with van der Waals surface area (Å²) in [6, 6.07) is 2.82. The van der Waals surface area contributed by atoms with Gasteiger partial charge in [0.2, 0.25) is 11.7 Å². The summed E-state index contributed by atoms with van der Waals surface area (Å²) in [7, 11) is 8.09. The Balaban J connectivity index is 0.00000312. The first-order chi connectivity index (χ1) is 11.5. The minimum absolute atomic E-state index is 0. The van der Waals surface area contributed by atoms with Gasteiger partial charge in [-0.3, -0.25) is 9.48 Å². The molecule has 138 valence electrons. The number of hydrogen-bond acceptors (Lipinski definition) is 6. The van der Waals surface area contributed by atoms with Crippen LogP contribution in [0.5, 0.6) is 17.2 Å². The lowest BCUT2D eigenvalue weighted by Gasteiger charge is -2.17. The first-order valence-corrected chi connectivity index (χ1v) is 7.30. The van der Waals surface area contributed by atoms with Crippen LogP contribution < -0.4 is 24.8 Å². The number of methoxy groups -OCH3 is 3. The molecule has 9 heteroatoms. The number of hydrogen-bond donors (Lipinski definition) is 2. The first kappa shape index (κ1) is 20.6. The van der Waals surface area contributed by atoms with Crippen molar-refractivity contribution in [2.24, 2.45) is 7.05 Å². The van der Waals surface area contributed by atoms with Gasteiger partial charge < -0.3 is 24.8 Å². The van der Waals surface area contributed by atoms with Crippen molar-refractivity contribution in [1.82, 2.24) is 15.1 Å². The van der Waals surface area contributed by atoms with Gasteiger partial charge in [0.05, 0.1) is 27.5 Å². The van der Waals surface area contributed by atoms with Gasteiger partial charge in [0.1, 0.15) is 6.04 Å². The third kappa shape index (κ3) is 4.55. The van der Waals surface area contributed by atoms with Crippen molar-refractivity contribution in [3.63, 3.8) is 0 Å². The van der Waals surface area contributed by atoms with Crippen LogP contribution >= 0.6 is 12.4 Å². The van der Waals surface area contributed by atoms with E-state index < -0.39 is 6.04 Å². The minimum Gasteiger partial charge on any atom is -0.493 e. The van der Waals surface area contributed by atoms with Crippen LogP contribution in [0.25, 0.3) is 0 Å². The molecule has 1 unspecified atom stereocenters. The van der Waals surface area contributed by atoms with Gasteiger partial charge in [0.25, 0.3) is 0 Å². The molecule has 0 saturated carbocycles. The SMILES string of the molecule is CNC(C(=O)Nc1cc(OC)c(OC)c(OC)c1)c1cnn(C)c1.Cl. The van der Waals surface area contributed by atoms with E-state index in [1.54, 1.807) is 43.3 Å². The molecule has 2 N–H and O–H groups in total. The number of amides is 1. The summed E-state index contributed by atoms with van der Waals surface area (Å²) in [4.78, 5) is 12.6. The van der Waals surface area contributed by atoms with Gasteiger partial charge in [-0.1, -0.05) is 0 Å². The third-order valence-corrected chi connectivity index (χ3v) is 3.54. The van der Waals surface area contributed by atoms with E-state index in [0.717, 1.165) is 5.56 Å². The van der Waals surface area contributed by atoms with Gasteiger partial charge in [0, 0.05) is 36.6 Å². The summed E-state index contributed by atoms with van der Waals surface area (Å²) < 4.78 is 17.5. The second-order valence-corrected chi connectivity index (χ2v) is 5.07. The van der Waals surface area contributed by atoms with E-state index in [9.17, 15) is 4.79 Å². The zero-order chi connectivity index (χ0) is 17.7. The molecular formula is C16H23ClN4O4. The van der Waals surface area contributed by atoms with E-state index in [1.807, 2.05) is 0 Å². The van der Waals surface area contributed by atoms with E-state index in [4.69, 9.17) is 14.2 Å². The molecule has 8 nitrogen and oxygen atoms in total. The van der Waals surface area contributed by atoms with Crippen molar-refractivity contribution in [2.45, 2.75) is 6.04 Å². The number of carbonyl (C=O) groups excluding carboxylic acids is 1. The normalized spacial score (nSPS) is 11.2. The van der Waals surface area contributed by atoms with Crippen LogP contribution in [-0.2, 0) is 11.8 Å². The van der Waals surface area contributed by atoms with Crippen LogP contribution in [0.3, 0.4) is 0 Å². The Labute approximate surface area is 152 Å². The summed E-state index contributed by atoms with van der Waals surface area (Å²) in [5, 5.41) is 9.92. The summed E-state index contributed by atoms with van der Waals surface area (Å²) in [6.07, 6.45) is 3.44. The minimum atomic E-state index is -0.530. The standard InChI is InChI=1S/C16H22N4O4.ClH/c1-17-14(10-8-18-20(2)9-10)16(21)19-11-6-12(22-3)15(24-5)13(7-11)23-4;/h6-9,14,17H,1-5H3,(H,19,21);1H. The third-order valence-electron chi connectivity index (χ3n) is 3.54. The van der Waals surface area contributed by atoms with Gasteiger partial charge in [-0.25, -0.2) is 0 Å². The maximum Gasteiger partial charge on any atom is 0.246 e. The molecule has 2 rings (SSSR count). The molecule has 2 aromatic rings. The van der Waals surface area contributed by atoms with Crippen LogP contribution in [0.4, 0.5) is 5.69 Å². The quantitative estimate of drug-likeness (QED) is 0.772. The summed E-state index contributed by atoms with van der Waals surface area (Å²) in [6.45, 7) is 0. The number of nitrogens with zero attached hydrogens (tertiary/aromatic N) is 2. The van der Waals surface area contributed by atoms with Crippen molar-refractivity contribution < 1.29 is 19.0 Å². The molecule has 0 aliphatic rings. The molecule has 1 atom stereocenters. The molecule has 0 fully saturated rings. The smallest absolute Gasteiger partial charge is 0.246 e. The predicted molar refractivity (Wildman–Crippen MR) is 97.0 cm³/mol. The fourth-order valence-electron chi connectivity index (χ4n) is 2.41. The highest BCUT2D eigenvalue weighted by molar-refractivity contribution is 5.96. The van der Waals surface area contributed by atoms with Crippen molar-refractivity contribution >= 4 is 24.0 Å². The number of aromatic nitrogens is 2. The second-order valence-electron chi connectivity index (χ2n) is 5.07. The van der Waals surface area contributed by atoms with E-state index in [-0.39, 0.29) is 18.3 Å². The van der Waals surface area contributed by atoms with E-state index >= 15 is 0 Å². The molecule has 0 bridgehead atoms. The Bertz CT molecular complexity index is 695. The Hall–Kier alpha value is -2.45. The highest BCUT2D eigenvalue weighted by atomic mass is 35.5. The summed E-state index contributed by atoms with van der Waals surface area (Å²) in [5.74, 6) is 1.18. The van der Waals surface area contributed by atoms with Crippen molar-refractivity contribution in [3.05, 3.63) is 30.1 Å². The molecule has 1 aromatic carbocycles. The molecule has 0 saturated heterocycles. The number of anilines is 1. The number of rotatable bonds is 7. The largest absolute Gasteiger partial charge is 0.493 e. The molecule has 25 heavy (non-hydrogen) atoms. The second kappa shape index (κ2) is 9.14. The van der Waals surface area contributed by atoms with Crippen LogP contribution in [0.1, 0.15) is 11.6 Å². The topological polar surface area (TPSA) is 86.6 Å². The number of halogens is 1. The van der Waals surface area contributed by atoms with Gasteiger partial charge in [-0.2, -0.15) is 5.10 Å². The van der Waals surface area contributed by atoms with Crippen molar-refractivity contribution in [1.29, 1.82) is 0 Å². The van der Waals surface area contributed by atoms with Gasteiger partial charge in [-0.05, 0) is 7.05 Å². The highest BCUT2D eigenvalue weighted by Crippen LogP contribution is 2.40. The number of carbonyl (C=O) groups is 1. The zero-order valence-corrected chi connectivity index (χ0v) is 15.6. The number of nitrogens with one attached hydrogen (secondary N) is 2. The van der Waals surface area contributed by atoms with Gasteiger partial charge in [-0.15, -0.1) is 12.4 Å². The lowest BCUT2D eigenvalue weighted by atomic mass is 10.1. The fourth-order valence-corrected chi connectivity index (χ4v) is 2.41. The maximum absolute atomic E-state index is 12.6. The van der Waals surface area contributed by atoms with Crippen molar-refractivity contribution in [3.8, 4) is 17.2 Å². The number of benzene rings is 1. The van der Waals surface area contributed by atoms with E-state index in [0.29, 0.717) is 22.9 Å². The maximum atomic E-state index is 12.6. The van der Waals surface area contributed by atoms with Crippen LogP contribution in [0, 0.1) is 0 Å². The van der Waals surface area contributed by atoms with Crippen LogP contribution in [-0.4, -0.2) is 44.1 Å². The first-order valence-electron chi connectivity index (χ1n) is 7.30. The average Bonchev–Trinajstić information content (AvgIpc) is 3.00. The molecule has 0 spiro atoms. The molecule has 1 amide bonds. The Morgan fingerprint density at radius 3 is 2.16 bits per heavy atom.